The molecule has 0 saturated carbocycles. The molecule has 1 heterocycles. The van der Waals surface area contributed by atoms with Crippen molar-refractivity contribution < 1.29 is 9.59 Å². The van der Waals surface area contributed by atoms with Crippen LogP contribution < -0.4 is 5.32 Å². The van der Waals surface area contributed by atoms with Crippen molar-refractivity contribution in [3.8, 4) is 0 Å². The summed E-state index contributed by atoms with van der Waals surface area (Å²) in [6, 6.07) is 6.72. The van der Waals surface area contributed by atoms with Gasteiger partial charge in [0.1, 0.15) is 5.82 Å². The number of amides is 2. The first-order valence-corrected chi connectivity index (χ1v) is 7.97. The first-order valence-electron chi connectivity index (χ1n) is 7.59. The number of benzene rings is 1. The molecule has 0 radical (unpaired) electrons. The van der Waals surface area contributed by atoms with E-state index in [0.717, 1.165) is 11.4 Å². The molecular weight excluding hydrogens is 328 g/mol. The molecule has 24 heavy (non-hydrogen) atoms. The molecule has 1 unspecified atom stereocenters. The van der Waals surface area contributed by atoms with Crippen LogP contribution in [0.3, 0.4) is 0 Å². The number of rotatable bonds is 6. The summed E-state index contributed by atoms with van der Waals surface area (Å²) in [6.45, 7) is 1.85. The normalized spacial score (nSPS) is 11.8. The molecule has 1 N–H and O–H groups in total. The summed E-state index contributed by atoms with van der Waals surface area (Å²) < 4.78 is 1.87. The van der Waals surface area contributed by atoms with Crippen LogP contribution in [0.4, 0.5) is 0 Å². The number of nitrogens with one attached hydrogen (secondary N) is 1. The third-order valence-electron chi connectivity index (χ3n) is 3.75. The molecule has 2 rings (SSSR count). The Morgan fingerprint density at radius 3 is 2.54 bits per heavy atom. The second-order valence-electron chi connectivity index (χ2n) is 5.71. The third kappa shape index (κ3) is 4.83. The highest BCUT2D eigenvalue weighted by molar-refractivity contribution is 6.30. The monoisotopic (exact) mass is 348 g/mol. The summed E-state index contributed by atoms with van der Waals surface area (Å²) in [5.74, 6) is 0.537. The third-order valence-corrected chi connectivity index (χ3v) is 4.01. The van der Waals surface area contributed by atoms with Gasteiger partial charge in [0.15, 0.2) is 0 Å². The second-order valence-corrected chi connectivity index (χ2v) is 6.15. The number of halogens is 1. The largest absolute Gasteiger partial charge is 0.349 e. The van der Waals surface area contributed by atoms with Gasteiger partial charge in [-0.05, 0) is 17.7 Å². The number of hydrogen-bond acceptors (Lipinski definition) is 3. The molecule has 1 aromatic heterocycles. The molecule has 0 spiro atoms. The Morgan fingerprint density at radius 1 is 1.33 bits per heavy atom. The lowest BCUT2D eigenvalue weighted by atomic mass is 10.0. The van der Waals surface area contributed by atoms with E-state index in [1.54, 1.807) is 30.3 Å². The van der Waals surface area contributed by atoms with Crippen molar-refractivity contribution in [2.24, 2.45) is 7.05 Å². The number of aryl methyl sites for hydroxylation is 1. The quantitative estimate of drug-likeness (QED) is 0.871. The summed E-state index contributed by atoms with van der Waals surface area (Å²) in [5, 5.41) is 3.43. The van der Waals surface area contributed by atoms with Crippen molar-refractivity contribution in [3.63, 3.8) is 0 Å². The Morgan fingerprint density at radius 2 is 2.00 bits per heavy atom. The van der Waals surface area contributed by atoms with Crippen LogP contribution >= 0.6 is 11.6 Å². The highest BCUT2D eigenvalue weighted by Gasteiger charge is 2.20. The van der Waals surface area contributed by atoms with Gasteiger partial charge in [-0.3, -0.25) is 9.59 Å². The zero-order chi connectivity index (χ0) is 17.7. The molecule has 0 fully saturated rings. The minimum absolute atomic E-state index is 0.0771. The predicted octanol–water partition coefficient (Wildman–Crippen LogP) is 2.30. The van der Waals surface area contributed by atoms with Gasteiger partial charge in [-0.15, -0.1) is 0 Å². The zero-order valence-electron chi connectivity index (χ0n) is 14.0. The van der Waals surface area contributed by atoms with Gasteiger partial charge < -0.3 is 14.8 Å². The van der Waals surface area contributed by atoms with Gasteiger partial charge in [-0.1, -0.05) is 23.7 Å². The van der Waals surface area contributed by atoms with E-state index in [1.807, 2.05) is 29.9 Å². The van der Waals surface area contributed by atoms with E-state index in [0.29, 0.717) is 11.6 Å². The number of aromatic nitrogens is 2. The van der Waals surface area contributed by atoms with Gasteiger partial charge >= 0.3 is 0 Å². The van der Waals surface area contributed by atoms with Crippen LogP contribution in [-0.2, 0) is 23.2 Å². The van der Waals surface area contributed by atoms with Crippen LogP contribution in [0.25, 0.3) is 0 Å². The van der Waals surface area contributed by atoms with E-state index in [4.69, 9.17) is 11.6 Å². The highest BCUT2D eigenvalue weighted by atomic mass is 35.5. The van der Waals surface area contributed by atoms with Crippen molar-refractivity contribution in [3.05, 3.63) is 53.1 Å². The van der Waals surface area contributed by atoms with Gasteiger partial charge in [0.2, 0.25) is 11.8 Å². The lowest BCUT2D eigenvalue weighted by molar-refractivity contribution is -0.131. The maximum atomic E-state index is 12.5. The lowest BCUT2D eigenvalue weighted by Gasteiger charge is -2.22. The zero-order valence-corrected chi connectivity index (χ0v) is 14.7. The minimum Gasteiger partial charge on any atom is -0.349 e. The Bertz CT molecular complexity index is 712. The molecule has 0 bridgehead atoms. The van der Waals surface area contributed by atoms with Crippen LogP contribution in [0.15, 0.2) is 36.7 Å². The Labute approximate surface area is 146 Å². The number of nitrogens with zero attached hydrogens (tertiary/aromatic N) is 3. The second kappa shape index (κ2) is 7.97. The van der Waals surface area contributed by atoms with Gasteiger partial charge in [-0.2, -0.15) is 0 Å². The lowest BCUT2D eigenvalue weighted by Crippen LogP contribution is -2.34. The van der Waals surface area contributed by atoms with Crippen molar-refractivity contribution >= 4 is 23.4 Å². The van der Waals surface area contributed by atoms with E-state index in [2.05, 4.69) is 10.3 Å². The molecule has 2 aromatic rings. The van der Waals surface area contributed by atoms with E-state index < -0.39 is 6.04 Å². The number of imidazole rings is 1. The summed E-state index contributed by atoms with van der Waals surface area (Å²) >= 11 is 5.90. The molecular formula is C17H21ClN4O2. The van der Waals surface area contributed by atoms with Crippen molar-refractivity contribution in [1.29, 1.82) is 0 Å². The SMILES string of the molecule is CC(=O)NC(CC(=O)N(C)Cc1nccn1C)c1ccc(Cl)cc1. The van der Waals surface area contributed by atoms with Crippen molar-refractivity contribution in [2.75, 3.05) is 7.05 Å². The van der Waals surface area contributed by atoms with E-state index >= 15 is 0 Å². The fourth-order valence-electron chi connectivity index (χ4n) is 2.37. The average Bonchev–Trinajstić information content (AvgIpc) is 2.92. The minimum atomic E-state index is -0.393. The Hall–Kier alpha value is -2.34. The Balaban J connectivity index is 2.07. The number of carbonyl (C=O) groups is 2. The van der Waals surface area contributed by atoms with E-state index in [1.165, 1.54) is 6.92 Å². The fraction of sp³-hybridized carbons (Fsp3) is 0.353. The van der Waals surface area contributed by atoms with Crippen LogP contribution in [0, 0.1) is 0 Å². The predicted molar refractivity (Wildman–Crippen MR) is 92.3 cm³/mol. The van der Waals surface area contributed by atoms with Gasteiger partial charge in [0.05, 0.1) is 19.0 Å². The van der Waals surface area contributed by atoms with Crippen LogP contribution in [0.1, 0.15) is 30.8 Å². The molecule has 6 nitrogen and oxygen atoms in total. The number of hydrogen-bond donors (Lipinski definition) is 1. The maximum Gasteiger partial charge on any atom is 0.225 e. The first kappa shape index (κ1) is 18.0. The molecule has 0 aliphatic heterocycles. The molecule has 1 aromatic carbocycles. The fourth-order valence-corrected chi connectivity index (χ4v) is 2.50. The van der Waals surface area contributed by atoms with E-state index in [9.17, 15) is 9.59 Å². The van der Waals surface area contributed by atoms with Crippen molar-refractivity contribution in [1.82, 2.24) is 19.8 Å². The summed E-state index contributed by atoms with van der Waals surface area (Å²) in [6.07, 6.45) is 3.70. The van der Waals surface area contributed by atoms with Crippen molar-refractivity contribution in [2.45, 2.75) is 25.9 Å². The molecule has 0 aliphatic carbocycles. The maximum absolute atomic E-state index is 12.5. The molecule has 0 aliphatic rings. The molecule has 128 valence electrons. The Kier molecular flexibility index (Phi) is 5.98. The molecule has 1 atom stereocenters. The molecule has 2 amide bonds. The van der Waals surface area contributed by atoms with Gasteiger partial charge in [-0.25, -0.2) is 4.98 Å². The van der Waals surface area contributed by atoms with Crippen LogP contribution in [-0.4, -0.2) is 33.3 Å². The average molecular weight is 349 g/mol. The first-order chi connectivity index (χ1) is 11.4. The standard InChI is InChI=1S/C17H21ClN4O2/c1-12(23)20-15(13-4-6-14(18)7-5-13)10-17(24)22(3)11-16-19-8-9-21(16)2/h4-9,15H,10-11H2,1-3H3,(H,20,23). The summed E-state index contributed by atoms with van der Waals surface area (Å²) in [7, 11) is 3.61. The highest BCUT2D eigenvalue weighted by Crippen LogP contribution is 2.20. The van der Waals surface area contributed by atoms with Gasteiger partial charge in [0, 0.05) is 38.4 Å². The van der Waals surface area contributed by atoms with Crippen LogP contribution in [0.2, 0.25) is 5.02 Å². The molecule has 7 heteroatoms. The van der Waals surface area contributed by atoms with Crippen LogP contribution in [0.5, 0.6) is 0 Å². The van der Waals surface area contributed by atoms with Gasteiger partial charge in [0.25, 0.3) is 0 Å². The smallest absolute Gasteiger partial charge is 0.225 e. The summed E-state index contributed by atoms with van der Waals surface area (Å²) in [4.78, 5) is 29.8. The molecule has 0 saturated heterocycles. The number of carbonyl (C=O) groups excluding carboxylic acids is 2. The summed E-state index contributed by atoms with van der Waals surface area (Å²) in [5.41, 5.74) is 0.841. The topological polar surface area (TPSA) is 67.2 Å². The van der Waals surface area contributed by atoms with E-state index in [-0.39, 0.29) is 18.2 Å².